The highest BCUT2D eigenvalue weighted by Crippen LogP contribution is 2.40. The Morgan fingerprint density at radius 2 is 2.22 bits per heavy atom. The second-order valence-corrected chi connectivity index (χ2v) is 5.79. The molecule has 0 aliphatic carbocycles. The van der Waals surface area contributed by atoms with Crippen molar-refractivity contribution in [1.29, 1.82) is 0 Å². The number of aromatic nitrogens is 4. The van der Waals surface area contributed by atoms with Crippen molar-refractivity contribution in [3.8, 4) is 0 Å². The molecule has 3 N–H and O–H groups in total. The van der Waals surface area contributed by atoms with Crippen LogP contribution in [-0.4, -0.2) is 68.3 Å². The van der Waals surface area contributed by atoms with E-state index in [9.17, 15) is 10.2 Å². The number of hydrogen-bond acceptors (Lipinski definition) is 8. The van der Waals surface area contributed by atoms with E-state index in [-0.39, 0.29) is 6.61 Å². The van der Waals surface area contributed by atoms with Gasteiger partial charge in [0.2, 0.25) is 0 Å². The maximum absolute atomic E-state index is 10.9. The van der Waals surface area contributed by atoms with E-state index < -0.39 is 24.0 Å². The van der Waals surface area contributed by atoms with Gasteiger partial charge in [-0.3, -0.25) is 4.57 Å². The zero-order valence-corrected chi connectivity index (χ0v) is 13.5. The maximum Gasteiger partial charge on any atom is 0.168 e. The number of rotatable bonds is 4. The van der Waals surface area contributed by atoms with Crippen molar-refractivity contribution in [2.24, 2.45) is 0 Å². The average molecular weight is 323 g/mol. The van der Waals surface area contributed by atoms with Gasteiger partial charge in [-0.15, -0.1) is 0 Å². The number of aryl methyl sites for hydroxylation is 1. The summed E-state index contributed by atoms with van der Waals surface area (Å²) in [4.78, 5) is 13.0. The Labute approximate surface area is 133 Å². The van der Waals surface area contributed by atoms with Crippen LogP contribution in [0.15, 0.2) is 6.33 Å². The zero-order valence-electron chi connectivity index (χ0n) is 13.5. The van der Waals surface area contributed by atoms with E-state index in [0.717, 1.165) is 0 Å². The van der Waals surface area contributed by atoms with Crippen molar-refractivity contribution in [3.05, 3.63) is 12.2 Å². The van der Waals surface area contributed by atoms with Gasteiger partial charge in [0.25, 0.3) is 0 Å². The van der Waals surface area contributed by atoms with E-state index in [0.29, 0.717) is 22.8 Å². The molecule has 4 atom stereocenters. The van der Waals surface area contributed by atoms with Crippen LogP contribution in [0.2, 0.25) is 0 Å². The number of ether oxygens (including phenoxy) is 2. The molecule has 0 bridgehead atoms. The van der Waals surface area contributed by atoms with E-state index in [1.165, 1.54) is 7.11 Å². The zero-order chi connectivity index (χ0) is 16.8. The highest BCUT2D eigenvalue weighted by molar-refractivity contribution is 5.83. The summed E-state index contributed by atoms with van der Waals surface area (Å²) < 4.78 is 12.8. The Hall–Kier alpha value is -1.81. The number of anilines is 1. The molecular weight excluding hydrogens is 302 g/mol. The third-order valence-corrected chi connectivity index (χ3v) is 4.17. The van der Waals surface area contributed by atoms with Crippen LogP contribution in [0.5, 0.6) is 0 Å². The molecule has 3 rings (SSSR count). The van der Waals surface area contributed by atoms with Gasteiger partial charge in [-0.05, 0) is 13.8 Å². The van der Waals surface area contributed by atoms with E-state index in [4.69, 9.17) is 9.47 Å². The SMILES string of the molecule is CNc1nc(C)nc2c1ncn2[C@@H]1O[C@H](CO)[C@@H](OC)[C@@]1(C)O. The fraction of sp³-hybridized carbons (Fsp3) is 0.643. The van der Waals surface area contributed by atoms with Crippen molar-refractivity contribution in [2.45, 2.75) is 37.9 Å². The second-order valence-electron chi connectivity index (χ2n) is 5.79. The first-order valence-electron chi connectivity index (χ1n) is 7.34. The topological polar surface area (TPSA) is 115 Å². The average Bonchev–Trinajstić information content (AvgIpc) is 3.03. The summed E-state index contributed by atoms with van der Waals surface area (Å²) in [6.07, 6.45) is -0.537. The predicted molar refractivity (Wildman–Crippen MR) is 82.0 cm³/mol. The molecule has 9 heteroatoms. The molecule has 23 heavy (non-hydrogen) atoms. The fourth-order valence-electron chi connectivity index (χ4n) is 3.14. The molecule has 0 saturated carbocycles. The van der Waals surface area contributed by atoms with Crippen molar-refractivity contribution in [2.75, 3.05) is 26.1 Å². The summed E-state index contributed by atoms with van der Waals surface area (Å²) >= 11 is 0. The standard InChI is InChI=1S/C14H21N5O4/c1-7-17-11(15-3)9-12(18-7)19(6-16-9)13-14(2,21)10(22-4)8(5-20)23-13/h6,8,10,13,20-21H,5H2,1-4H3,(H,15,17,18)/t8-,10-,13-,14-/m1/s1. The van der Waals surface area contributed by atoms with Gasteiger partial charge in [0.15, 0.2) is 23.2 Å². The number of imidazole rings is 1. The minimum absolute atomic E-state index is 0.256. The van der Waals surface area contributed by atoms with Crippen LogP contribution in [0, 0.1) is 6.92 Å². The van der Waals surface area contributed by atoms with Gasteiger partial charge in [0.1, 0.15) is 23.6 Å². The van der Waals surface area contributed by atoms with E-state index in [2.05, 4.69) is 20.3 Å². The van der Waals surface area contributed by atoms with Gasteiger partial charge in [0, 0.05) is 14.2 Å². The molecule has 3 heterocycles. The first kappa shape index (κ1) is 16.1. The van der Waals surface area contributed by atoms with E-state index in [1.807, 2.05) is 0 Å². The molecule has 0 radical (unpaired) electrons. The lowest BCUT2D eigenvalue weighted by molar-refractivity contribution is -0.101. The molecule has 126 valence electrons. The van der Waals surface area contributed by atoms with Crippen LogP contribution in [0.1, 0.15) is 19.0 Å². The monoisotopic (exact) mass is 323 g/mol. The van der Waals surface area contributed by atoms with Gasteiger partial charge in [-0.25, -0.2) is 15.0 Å². The number of nitrogens with one attached hydrogen (secondary N) is 1. The lowest BCUT2D eigenvalue weighted by Crippen LogP contribution is -2.45. The maximum atomic E-state index is 10.9. The first-order chi connectivity index (χ1) is 10.9. The Morgan fingerprint density at radius 1 is 1.48 bits per heavy atom. The largest absolute Gasteiger partial charge is 0.394 e. The Morgan fingerprint density at radius 3 is 2.78 bits per heavy atom. The molecule has 1 fully saturated rings. The second kappa shape index (κ2) is 5.68. The smallest absolute Gasteiger partial charge is 0.168 e. The van der Waals surface area contributed by atoms with Crippen LogP contribution < -0.4 is 5.32 Å². The first-order valence-corrected chi connectivity index (χ1v) is 7.34. The highest BCUT2D eigenvalue weighted by atomic mass is 16.6. The highest BCUT2D eigenvalue weighted by Gasteiger charge is 2.54. The molecule has 1 aliphatic heterocycles. The fourth-order valence-corrected chi connectivity index (χ4v) is 3.14. The lowest BCUT2D eigenvalue weighted by Gasteiger charge is -2.29. The Kier molecular flexibility index (Phi) is 3.96. The molecule has 0 aromatic carbocycles. The summed E-state index contributed by atoms with van der Waals surface area (Å²) in [6.45, 7) is 3.13. The van der Waals surface area contributed by atoms with Crippen LogP contribution in [0.3, 0.4) is 0 Å². The quantitative estimate of drug-likeness (QED) is 0.710. The minimum Gasteiger partial charge on any atom is -0.394 e. The lowest BCUT2D eigenvalue weighted by atomic mass is 9.96. The number of fused-ring (bicyclic) bond motifs is 1. The van der Waals surface area contributed by atoms with E-state index >= 15 is 0 Å². The van der Waals surface area contributed by atoms with Crippen LogP contribution in [0.4, 0.5) is 5.82 Å². The molecule has 9 nitrogen and oxygen atoms in total. The van der Waals surface area contributed by atoms with Gasteiger partial charge < -0.3 is 25.0 Å². The summed E-state index contributed by atoms with van der Waals surface area (Å²) in [7, 11) is 3.23. The van der Waals surface area contributed by atoms with Gasteiger partial charge >= 0.3 is 0 Å². The molecule has 2 aromatic rings. The summed E-state index contributed by atoms with van der Waals surface area (Å²) in [5.74, 6) is 1.18. The number of aliphatic hydroxyl groups excluding tert-OH is 1. The van der Waals surface area contributed by atoms with Crippen molar-refractivity contribution in [3.63, 3.8) is 0 Å². The molecule has 1 aliphatic rings. The van der Waals surface area contributed by atoms with Crippen molar-refractivity contribution >= 4 is 17.0 Å². The van der Waals surface area contributed by atoms with Gasteiger partial charge in [-0.2, -0.15) is 0 Å². The summed E-state index contributed by atoms with van der Waals surface area (Å²) in [6, 6.07) is 0. The van der Waals surface area contributed by atoms with Gasteiger partial charge in [0.05, 0.1) is 12.9 Å². The molecule has 1 saturated heterocycles. The minimum atomic E-state index is -1.35. The number of hydrogen-bond donors (Lipinski definition) is 3. The van der Waals surface area contributed by atoms with E-state index in [1.54, 1.807) is 31.8 Å². The molecule has 2 aromatic heterocycles. The summed E-state index contributed by atoms with van der Waals surface area (Å²) in [5.41, 5.74) is -0.228. The summed E-state index contributed by atoms with van der Waals surface area (Å²) in [5, 5.41) is 23.3. The van der Waals surface area contributed by atoms with Crippen LogP contribution >= 0.6 is 0 Å². The predicted octanol–water partition coefficient (Wildman–Crippen LogP) is -0.168. The van der Waals surface area contributed by atoms with Crippen molar-refractivity contribution in [1.82, 2.24) is 19.5 Å². The van der Waals surface area contributed by atoms with Crippen molar-refractivity contribution < 1.29 is 19.7 Å². The molecule has 0 spiro atoms. The van der Waals surface area contributed by atoms with Crippen LogP contribution in [0.25, 0.3) is 11.2 Å². The Bertz CT molecular complexity index is 717. The number of aliphatic hydroxyl groups is 2. The third-order valence-electron chi connectivity index (χ3n) is 4.17. The normalized spacial score (nSPS) is 31.0. The van der Waals surface area contributed by atoms with Gasteiger partial charge in [-0.1, -0.05) is 0 Å². The molecular formula is C14H21N5O4. The van der Waals surface area contributed by atoms with Crippen LogP contribution in [-0.2, 0) is 9.47 Å². The molecule has 0 amide bonds. The number of methoxy groups -OCH3 is 1. The number of nitrogens with zero attached hydrogens (tertiary/aromatic N) is 4. The third kappa shape index (κ3) is 2.36. The Balaban J connectivity index is 2.12. The molecule has 0 unspecified atom stereocenters.